The molecule has 4 nitrogen and oxygen atoms in total. The topological polar surface area (TPSA) is 64.0 Å². The molecule has 0 fully saturated rings. The minimum atomic E-state index is -0.367. The molecule has 0 radical (unpaired) electrons. The van der Waals surface area contributed by atoms with Crippen LogP contribution < -0.4 is 22.7 Å². The fourth-order valence-corrected chi connectivity index (χ4v) is 1.74. The number of rotatable bonds is 5. The quantitative estimate of drug-likeness (QED) is 0.537. The summed E-state index contributed by atoms with van der Waals surface area (Å²) in [4.78, 5) is 21.3. The molecular formula is C16H15ClN2O2. The first-order valence-corrected chi connectivity index (χ1v) is 6.18. The van der Waals surface area contributed by atoms with Gasteiger partial charge in [0.05, 0.1) is 0 Å². The van der Waals surface area contributed by atoms with Crippen LogP contribution in [0.2, 0.25) is 0 Å². The third-order valence-corrected chi connectivity index (χ3v) is 2.80. The Hall–Kier alpha value is -2.46. The Morgan fingerprint density at radius 1 is 0.952 bits per heavy atom. The van der Waals surface area contributed by atoms with Crippen molar-refractivity contribution in [2.75, 3.05) is 0 Å². The molecule has 21 heavy (non-hydrogen) atoms. The van der Waals surface area contributed by atoms with Crippen molar-refractivity contribution in [3.8, 4) is 0 Å². The fraction of sp³-hybridized carbons (Fsp3) is 0.0625. The van der Waals surface area contributed by atoms with Gasteiger partial charge in [-0.3, -0.25) is 9.59 Å². The number of halogens is 1. The van der Waals surface area contributed by atoms with Crippen LogP contribution in [0.4, 0.5) is 0 Å². The summed E-state index contributed by atoms with van der Waals surface area (Å²) in [5, 5.41) is 0. The van der Waals surface area contributed by atoms with Gasteiger partial charge in [-0.05, 0) is 11.1 Å². The highest BCUT2D eigenvalue weighted by molar-refractivity contribution is 5.76. The van der Waals surface area contributed by atoms with Crippen molar-refractivity contribution in [2.24, 2.45) is 5.73 Å². The molecule has 0 saturated heterocycles. The molecule has 0 saturated carbocycles. The molecule has 2 N–H and O–H groups in total. The van der Waals surface area contributed by atoms with E-state index in [4.69, 9.17) is 5.73 Å². The van der Waals surface area contributed by atoms with Gasteiger partial charge in [-0.25, -0.2) is 0 Å². The molecule has 0 aliphatic rings. The van der Waals surface area contributed by atoms with Crippen molar-refractivity contribution in [3.63, 3.8) is 0 Å². The maximum atomic E-state index is 10.8. The summed E-state index contributed by atoms with van der Waals surface area (Å²) in [5.74, 6) is -0.367. The molecule has 0 aliphatic heterocycles. The molecule has 0 unspecified atom stereocenters. The summed E-state index contributed by atoms with van der Waals surface area (Å²) in [6.07, 6.45) is 8.36. The Morgan fingerprint density at radius 3 is 1.90 bits per heavy atom. The predicted molar refractivity (Wildman–Crippen MR) is 76.6 cm³/mol. The molecular weight excluding hydrogens is 288 g/mol. The largest absolute Gasteiger partial charge is 1.00 e. The maximum absolute atomic E-state index is 10.8. The van der Waals surface area contributed by atoms with Crippen molar-refractivity contribution >= 4 is 24.3 Å². The van der Waals surface area contributed by atoms with Crippen molar-refractivity contribution in [1.29, 1.82) is 0 Å². The zero-order valence-corrected chi connectivity index (χ0v) is 12.0. The smallest absolute Gasteiger partial charge is 0.283 e. The van der Waals surface area contributed by atoms with Gasteiger partial charge in [0.2, 0.25) is 6.54 Å². The normalized spacial score (nSPS) is 10.1. The predicted octanol–water partition coefficient (Wildman–Crippen LogP) is -1.55. The Morgan fingerprint density at radius 2 is 1.43 bits per heavy atom. The van der Waals surface area contributed by atoms with Crippen LogP contribution in [-0.4, -0.2) is 12.2 Å². The monoisotopic (exact) mass is 302 g/mol. The number of hydrogen-bond donors (Lipinski definition) is 1. The minimum Gasteiger partial charge on any atom is -1.00 e. The number of aromatic nitrogens is 1. The second kappa shape index (κ2) is 7.97. The Labute approximate surface area is 129 Å². The van der Waals surface area contributed by atoms with E-state index in [1.165, 1.54) is 0 Å². The molecule has 5 heteroatoms. The second-order valence-corrected chi connectivity index (χ2v) is 4.39. The summed E-state index contributed by atoms with van der Waals surface area (Å²) >= 11 is 0. The van der Waals surface area contributed by atoms with E-state index in [9.17, 15) is 9.59 Å². The average molecular weight is 303 g/mol. The van der Waals surface area contributed by atoms with Gasteiger partial charge in [-0.2, -0.15) is 4.57 Å². The molecule has 2 aromatic rings. The lowest BCUT2D eigenvalue weighted by molar-refractivity contribution is -0.684. The van der Waals surface area contributed by atoms with Gasteiger partial charge in [0, 0.05) is 17.7 Å². The van der Waals surface area contributed by atoms with Gasteiger partial charge in [0.1, 0.15) is 6.29 Å². The average Bonchev–Trinajstić information content (AvgIpc) is 2.46. The highest BCUT2D eigenvalue weighted by Gasteiger charge is 2.03. The summed E-state index contributed by atoms with van der Waals surface area (Å²) in [6.45, 7) is 0.178. The summed E-state index contributed by atoms with van der Waals surface area (Å²) in [6, 6.07) is 11.1. The van der Waals surface area contributed by atoms with E-state index >= 15 is 0 Å². The van der Waals surface area contributed by atoms with E-state index in [-0.39, 0.29) is 24.9 Å². The highest BCUT2D eigenvalue weighted by Crippen LogP contribution is 2.08. The summed E-state index contributed by atoms with van der Waals surface area (Å²) in [5.41, 5.74) is 7.82. The number of nitrogens with two attached hydrogens (primary N) is 1. The molecule has 1 heterocycles. The molecule has 2 rings (SSSR count). The number of carbonyl (C=O) groups excluding carboxylic acids is 2. The molecule has 0 bridgehead atoms. The van der Waals surface area contributed by atoms with Crippen molar-refractivity contribution in [3.05, 3.63) is 65.5 Å². The van der Waals surface area contributed by atoms with Crippen molar-refractivity contribution < 1.29 is 26.6 Å². The zero-order valence-electron chi connectivity index (χ0n) is 11.3. The number of carbonyl (C=O) groups is 2. The van der Waals surface area contributed by atoms with Crippen molar-refractivity contribution in [2.45, 2.75) is 6.54 Å². The van der Waals surface area contributed by atoms with Crippen LogP contribution in [0.5, 0.6) is 0 Å². The van der Waals surface area contributed by atoms with E-state index in [1.807, 2.05) is 36.4 Å². The summed E-state index contributed by atoms with van der Waals surface area (Å²) < 4.78 is 1.72. The van der Waals surface area contributed by atoms with Crippen LogP contribution in [0.1, 0.15) is 21.5 Å². The molecule has 0 spiro atoms. The van der Waals surface area contributed by atoms with E-state index in [0.29, 0.717) is 5.56 Å². The molecule has 1 amide bonds. The fourth-order valence-electron chi connectivity index (χ4n) is 1.74. The van der Waals surface area contributed by atoms with Crippen LogP contribution in [0.15, 0.2) is 48.8 Å². The standard InChI is InChI=1S/C16H14N2O2.ClH/c17-16(20)11-18-9-7-14(8-10-18)2-1-13-3-5-15(12-19)6-4-13;/h1-10,12H,11H2,(H-,17,20);1H. The maximum Gasteiger partial charge on any atom is 0.283 e. The summed E-state index contributed by atoms with van der Waals surface area (Å²) in [7, 11) is 0. The van der Waals surface area contributed by atoms with Crippen LogP contribution in [0.25, 0.3) is 12.2 Å². The molecule has 108 valence electrons. The first kappa shape index (κ1) is 16.6. The van der Waals surface area contributed by atoms with Crippen LogP contribution in [0.3, 0.4) is 0 Å². The number of nitrogens with zero attached hydrogens (tertiary/aromatic N) is 1. The number of hydrogen-bond acceptors (Lipinski definition) is 2. The number of benzene rings is 1. The van der Waals surface area contributed by atoms with E-state index in [1.54, 1.807) is 29.1 Å². The lowest BCUT2D eigenvalue weighted by Gasteiger charge is -1.96. The van der Waals surface area contributed by atoms with E-state index in [0.717, 1.165) is 17.4 Å². The van der Waals surface area contributed by atoms with Crippen LogP contribution >= 0.6 is 0 Å². The highest BCUT2D eigenvalue weighted by atomic mass is 35.5. The third kappa shape index (κ3) is 5.20. The van der Waals surface area contributed by atoms with E-state index < -0.39 is 0 Å². The van der Waals surface area contributed by atoms with Gasteiger partial charge in [0.15, 0.2) is 12.4 Å². The third-order valence-electron chi connectivity index (χ3n) is 2.80. The number of primary amides is 1. The number of aldehydes is 1. The lowest BCUT2D eigenvalue weighted by atomic mass is 10.1. The Bertz CT molecular complexity index is 634. The van der Waals surface area contributed by atoms with Crippen LogP contribution in [-0.2, 0) is 11.3 Å². The molecule has 1 aromatic carbocycles. The van der Waals surface area contributed by atoms with Crippen molar-refractivity contribution in [1.82, 2.24) is 0 Å². The van der Waals surface area contributed by atoms with Crippen LogP contribution in [0, 0.1) is 0 Å². The lowest BCUT2D eigenvalue weighted by Crippen LogP contribution is -3.00. The van der Waals surface area contributed by atoms with E-state index in [2.05, 4.69) is 0 Å². The van der Waals surface area contributed by atoms with Gasteiger partial charge in [-0.1, -0.05) is 36.4 Å². The first-order chi connectivity index (χ1) is 9.67. The van der Waals surface area contributed by atoms with Gasteiger partial charge in [0.25, 0.3) is 5.91 Å². The zero-order chi connectivity index (χ0) is 14.4. The molecule has 1 aromatic heterocycles. The number of pyridine rings is 1. The molecule has 0 atom stereocenters. The molecule has 0 aliphatic carbocycles. The van der Waals surface area contributed by atoms with Gasteiger partial charge >= 0.3 is 0 Å². The number of amides is 1. The SMILES string of the molecule is NC(=O)C[n+]1ccc(C=Cc2ccc(C=O)cc2)cc1.[Cl-]. The Balaban J connectivity index is 0.00000220. The first-order valence-electron chi connectivity index (χ1n) is 6.18. The van der Waals surface area contributed by atoms with Gasteiger partial charge in [-0.15, -0.1) is 0 Å². The Kier molecular flexibility index (Phi) is 6.30. The van der Waals surface area contributed by atoms with Gasteiger partial charge < -0.3 is 18.1 Å². The second-order valence-electron chi connectivity index (χ2n) is 4.39. The minimum absolute atomic E-state index is 0.